The van der Waals surface area contributed by atoms with Gasteiger partial charge in [0, 0.05) is 35.4 Å². The Bertz CT molecular complexity index is 827. The molecule has 0 bridgehead atoms. The van der Waals surface area contributed by atoms with E-state index in [2.05, 4.69) is 28.1 Å². The van der Waals surface area contributed by atoms with Crippen molar-refractivity contribution in [2.45, 2.75) is 12.6 Å². The minimum Gasteiger partial charge on any atom is -0.368 e. The van der Waals surface area contributed by atoms with E-state index >= 15 is 0 Å². The molecule has 0 radical (unpaired) electrons. The molecule has 1 aliphatic heterocycles. The molecule has 0 aliphatic carbocycles. The Hall–Kier alpha value is -2.00. The number of nitrogens with one attached hydrogen (secondary N) is 1. The second kappa shape index (κ2) is 5.33. The van der Waals surface area contributed by atoms with Gasteiger partial charge in [0.05, 0.1) is 10.5 Å². The van der Waals surface area contributed by atoms with Crippen LogP contribution in [0.25, 0.3) is 22.2 Å². The maximum Gasteiger partial charge on any atom is 0.119 e. The molecule has 22 heavy (non-hydrogen) atoms. The number of aromatic nitrogens is 1. The topological polar surface area (TPSA) is 19.0 Å². The van der Waals surface area contributed by atoms with Gasteiger partial charge in [-0.2, -0.15) is 0 Å². The Balaban J connectivity index is 1.83. The normalized spacial score (nSPS) is 18.3. The number of hydrogen-bond acceptors (Lipinski definition) is 1. The van der Waals surface area contributed by atoms with E-state index in [9.17, 15) is 4.39 Å². The lowest BCUT2D eigenvalue weighted by molar-refractivity contribution is 0.364. The molecule has 1 aromatic heterocycles. The third kappa shape index (κ3) is 2.26. The van der Waals surface area contributed by atoms with Gasteiger partial charge in [0.25, 0.3) is 0 Å². The Morgan fingerprint density at radius 2 is 2.00 bits per heavy atom. The average Bonchev–Trinajstić information content (AvgIpc) is 3.14. The Kier molecular flexibility index (Phi) is 3.30. The van der Waals surface area contributed by atoms with E-state index in [1.807, 2.05) is 30.3 Å². The van der Waals surface area contributed by atoms with Crippen LogP contribution in [0.3, 0.4) is 0 Å². The van der Waals surface area contributed by atoms with Crippen molar-refractivity contribution in [1.82, 2.24) is 4.98 Å². The van der Waals surface area contributed by atoms with Crippen molar-refractivity contribution in [3.8, 4) is 11.3 Å². The molecule has 0 saturated carbocycles. The smallest absolute Gasteiger partial charge is 0.119 e. The van der Waals surface area contributed by atoms with Crippen LogP contribution >= 0.6 is 11.6 Å². The summed E-state index contributed by atoms with van der Waals surface area (Å²) in [5, 5.41) is 1.80. The quantitative estimate of drug-likeness (QED) is 0.702. The lowest BCUT2D eigenvalue weighted by atomic mass is 10.1. The maximum atomic E-state index is 13.5. The highest BCUT2D eigenvalue weighted by atomic mass is 35.5. The average molecular weight is 315 g/mol. The largest absolute Gasteiger partial charge is 0.368 e. The molecule has 2 heterocycles. The Morgan fingerprint density at radius 1 is 1.14 bits per heavy atom. The predicted octanol–water partition coefficient (Wildman–Crippen LogP) is 5.04. The number of hydrogen-bond donors (Lipinski definition) is 1. The predicted molar refractivity (Wildman–Crippen MR) is 90.5 cm³/mol. The van der Waals surface area contributed by atoms with Crippen molar-refractivity contribution < 1.29 is 4.39 Å². The molecule has 1 aliphatic rings. The third-order valence-electron chi connectivity index (χ3n) is 4.27. The van der Waals surface area contributed by atoms with E-state index in [-0.39, 0.29) is 0 Å². The van der Waals surface area contributed by atoms with Crippen molar-refractivity contribution in [3.05, 3.63) is 53.6 Å². The van der Waals surface area contributed by atoms with Gasteiger partial charge in [0.15, 0.2) is 0 Å². The zero-order valence-corrected chi connectivity index (χ0v) is 12.8. The van der Waals surface area contributed by atoms with E-state index in [0.717, 1.165) is 34.4 Å². The van der Waals surface area contributed by atoms with Crippen LogP contribution in [0.4, 0.5) is 10.1 Å². The molecular weight excluding hydrogens is 299 g/mol. The minimum atomic E-state index is -0.731. The van der Waals surface area contributed by atoms with E-state index in [0.29, 0.717) is 18.0 Å². The monoisotopic (exact) mass is 314 g/mol. The van der Waals surface area contributed by atoms with Gasteiger partial charge in [-0.25, -0.2) is 4.39 Å². The minimum absolute atomic E-state index is 0.470. The number of halogens is 2. The van der Waals surface area contributed by atoms with Crippen molar-refractivity contribution in [1.29, 1.82) is 0 Å². The summed E-state index contributed by atoms with van der Waals surface area (Å²) >= 11 is 6.25. The SMILES string of the molecule is FC1CCN(c2ccccc2-c2cc3cccc(Cl)c3[nH]2)C1. The van der Waals surface area contributed by atoms with Gasteiger partial charge in [-0.1, -0.05) is 41.9 Å². The first-order valence-electron chi connectivity index (χ1n) is 7.48. The highest BCUT2D eigenvalue weighted by Crippen LogP contribution is 2.35. The van der Waals surface area contributed by atoms with Crippen molar-refractivity contribution in [3.63, 3.8) is 0 Å². The van der Waals surface area contributed by atoms with Crippen LogP contribution in [-0.2, 0) is 0 Å². The molecule has 1 unspecified atom stereocenters. The molecule has 3 aromatic rings. The number of aromatic amines is 1. The number of para-hydroxylation sites is 2. The van der Waals surface area contributed by atoms with Crippen LogP contribution in [0.2, 0.25) is 5.02 Å². The first-order chi connectivity index (χ1) is 10.7. The third-order valence-corrected chi connectivity index (χ3v) is 4.59. The summed E-state index contributed by atoms with van der Waals surface area (Å²) in [7, 11) is 0. The highest BCUT2D eigenvalue weighted by Gasteiger charge is 2.24. The number of H-pyrrole nitrogens is 1. The lowest BCUT2D eigenvalue weighted by Gasteiger charge is -2.20. The van der Waals surface area contributed by atoms with Crippen LogP contribution in [0.1, 0.15) is 6.42 Å². The fourth-order valence-corrected chi connectivity index (χ4v) is 3.41. The van der Waals surface area contributed by atoms with Gasteiger partial charge in [0.1, 0.15) is 6.17 Å². The van der Waals surface area contributed by atoms with Crippen LogP contribution in [0.5, 0.6) is 0 Å². The zero-order valence-electron chi connectivity index (χ0n) is 12.0. The second-order valence-corrected chi connectivity index (χ2v) is 6.14. The van der Waals surface area contributed by atoms with Crippen molar-refractivity contribution >= 4 is 28.2 Å². The summed E-state index contributed by atoms with van der Waals surface area (Å²) < 4.78 is 13.5. The molecule has 0 spiro atoms. The molecule has 1 atom stereocenters. The zero-order chi connectivity index (χ0) is 15.1. The van der Waals surface area contributed by atoms with Crippen molar-refractivity contribution in [2.24, 2.45) is 0 Å². The highest BCUT2D eigenvalue weighted by molar-refractivity contribution is 6.35. The molecule has 4 rings (SSSR count). The molecule has 2 nitrogen and oxygen atoms in total. The first kappa shape index (κ1) is 13.6. The number of fused-ring (bicyclic) bond motifs is 1. The fourth-order valence-electron chi connectivity index (χ4n) is 3.18. The number of alkyl halides is 1. The van der Waals surface area contributed by atoms with E-state index in [4.69, 9.17) is 11.6 Å². The fraction of sp³-hybridized carbons (Fsp3) is 0.222. The summed E-state index contributed by atoms with van der Waals surface area (Å²) in [5.41, 5.74) is 4.12. The number of benzene rings is 2. The Labute approximate surface area is 133 Å². The summed E-state index contributed by atoms with van der Waals surface area (Å²) in [4.78, 5) is 5.52. The standard InChI is InChI=1S/C18H16ClFN2/c19-15-6-3-4-12-10-16(21-18(12)15)14-5-1-2-7-17(14)22-9-8-13(20)11-22/h1-7,10,13,21H,8-9,11H2. The van der Waals surface area contributed by atoms with E-state index in [1.165, 1.54) is 0 Å². The molecule has 2 aromatic carbocycles. The molecule has 0 amide bonds. The Morgan fingerprint density at radius 3 is 2.77 bits per heavy atom. The molecule has 1 fully saturated rings. The van der Waals surface area contributed by atoms with Crippen molar-refractivity contribution in [2.75, 3.05) is 18.0 Å². The summed E-state index contributed by atoms with van der Waals surface area (Å²) in [6.45, 7) is 1.23. The lowest BCUT2D eigenvalue weighted by Crippen LogP contribution is -2.20. The van der Waals surface area contributed by atoms with Gasteiger partial charge < -0.3 is 9.88 Å². The van der Waals surface area contributed by atoms with Crippen LogP contribution < -0.4 is 4.90 Å². The van der Waals surface area contributed by atoms with Gasteiger partial charge in [-0.3, -0.25) is 0 Å². The van der Waals surface area contributed by atoms with Gasteiger partial charge in [-0.15, -0.1) is 0 Å². The van der Waals surface area contributed by atoms with Crippen LogP contribution in [0, 0.1) is 0 Å². The first-order valence-corrected chi connectivity index (χ1v) is 7.86. The number of rotatable bonds is 2. The molecule has 1 saturated heterocycles. The molecule has 112 valence electrons. The van der Waals surface area contributed by atoms with Gasteiger partial charge >= 0.3 is 0 Å². The maximum absolute atomic E-state index is 13.5. The van der Waals surface area contributed by atoms with E-state index in [1.54, 1.807) is 0 Å². The summed E-state index contributed by atoms with van der Waals surface area (Å²) in [6, 6.07) is 16.1. The summed E-state index contributed by atoms with van der Waals surface area (Å²) in [6.07, 6.45) is -0.127. The van der Waals surface area contributed by atoms with Gasteiger partial charge in [0.2, 0.25) is 0 Å². The molecular formula is C18H16ClFN2. The number of nitrogens with zero attached hydrogens (tertiary/aromatic N) is 1. The number of anilines is 1. The molecule has 1 N–H and O–H groups in total. The van der Waals surface area contributed by atoms with Crippen LogP contribution in [-0.4, -0.2) is 24.2 Å². The second-order valence-electron chi connectivity index (χ2n) is 5.74. The summed E-state index contributed by atoms with van der Waals surface area (Å²) in [5.74, 6) is 0. The molecule has 4 heteroatoms. The van der Waals surface area contributed by atoms with Crippen LogP contribution in [0.15, 0.2) is 48.5 Å². The van der Waals surface area contributed by atoms with E-state index < -0.39 is 6.17 Å². The van der Waals surface area contributed by atoms with Gasteiger partial charge in [-0.05, 0) is 24.6 Å².